The maximum absolute atomic E-state index is 13.2. The first kappa shape index (κ1) is 15.7. The molecular formula is C16H16Br2FN. The van der Waals surface area contributed by atoms with Crippen LogP contribution in [0.1, 0.15) is 11.1 Å². The Morgan fingerprint density at radius 1 is 1.00 bits per heavy atom. The van der Waals surface area contributed by atoms with Crippen LogP contribution in [-0.4, -0.2) is 6.54 Å². The van der Waals surface area contributed by atoms with E-state index in [-0.39, 0.29) is 5.82 Å². The molecule has 0 heterocycles. The molecule has 106 valence electrons. The van der Waals surface area contributed by atoms with E-state index in [9.17, 15) is 4.39 Å². The second-order valence-corrected chi connectivity index (χ2v) is 6.66. The molecule has 0 spiro atoms. The molecule has 0 bridgehead atoms. The Kier molecular flexibility index (Phi) is 5.75. The quantitative estimate of drug-likeness (QED) is 0.772. The Morgan fingerprint density at radius 3 is 2.30 bits per heavy atom. The molecule has 2 aromatic carbocycles. The van der Waals surface area contributed by atoms with Gasteiger partial charge in [0, 0.05) is 4.47 Å². The van der Waals surface area contributed by atoms with Crippen molar-refractivity contribution in [2.75, 3.05) is 6.54 Å². The second-order valence-electron chi connectivity index (χ2n) is 4.89. The van der Waals surface area contributed by atoms with Crippen LogP contribution >= 0.6 is 31.9 Å². The van der Waals surface area contributed by atoms with Crippen LogP contribution in [0.4, 0.5) is 4.39 Å². The van der Waals surface area contributed by atoms with Crippen molar-refractivity contribution in [3.05, 3.63) is 68.4 Å². The third-order valence-electron chi connectivity index (χ3n) is 3.26. The fourth-order valence-electron chi connectivity index (χ4n) is 2.24. The van der Waals surface area contributed by atoms with Gasteiger partial charge in [-0.1, -0.05) is 34.1 Å². The minimum absolute atomic E-state index is 0.231. The zero-order chi connectivity index (χ0) is 14.5. The van der Waals surface area contributed by atoms with Crippen LogP contribution < -0.4 is 5.73 Å². The van der Waals surface area contributed by atoms with Crippen molar-refractivity contribution in [1.29, 1.82) is 0 Å². The molecule has 0 fully saturated rings. The summed E-state index contributed by atoms with van der Waals surface area (Å²) >= 11 is 6.70. The Labute approximate surface area is 135 Å². The van der Waals surface area contributed by atoms with Gasteiger partial charge in [-0.25, -0.2) is 4.39 Å². The molecule has 1 nitrogen and oxygen atoms in total. The first-order chi connectivity index (χ1) is 9.58. The van der Waals surface area contributed by atoms with Crippen LogP contribution in [-0.2, 0) is 12.8 Å². The van der Waals surface area contributed by atoms with Crippen LogP contribution in [0.3, 0.4) is 0 Å². The zero-order valence-electron chi connectivity index (χ0n) is 11.0. The highest BCUT2D eigenvalue weighted by Gasteiger charge is 2.10. The lowest BCUT2D eigenvalue weighted by Gasteiger charge is -2.15. The fraction of sp³-hybridized carbons (Fsp3) is 0.250. The van der Waals surface area contributed by atoms with E-state index in [4.69, 9.17) is 5.73 Å². The van der Waals surface area contributed by atoms with Crippen LogP contribution in [0, 0.1) is 11.7 Å². The van der Waals surface area contributed by atoms with E-state index in [0.717, 1.165) is 22.9 Å². The Hall–Kier alpha value is -0.710. The Morgan fingerprint density at radius 2 is 1.70 bits per heavy atom. The van der Waals surface area contributed by atoms with E-state index in [1.165, 1.54) is 11.6 Å². The molecule has 0 amide bonds. The number of halogens is 3. The summed E-state index contributed by atoms with van der Waals surface area (Å²) in [6, 6.07) is 13.4. The van der Waals surface area contributed by atoms with E-state index >= 15 is 0 Å². The molecule has 0 saturated heterocycles. The monoisotopic (exact) mass is 399 g/mol. The van der Waals surface area contributed by atoms with Crippen LogP contribution in [0.25, 0.3) is 0 Å². The van der Waals surface area contributed by atoms with Crippen molar-refractivity contribution in [2.45, 2.75) is 12.8 Å². The Bertz CT molecular complexity index is 586. The van der Waals surface area contributed by atoms with Gasteiger partial charge in [-0.2, -0.15) is 0 Å². The third-order valence-corrected chi connectivity index (χ3v) is 4.36. The smallest absolute Gasteiger partial charge is 0.137 e. The largest absolute Gasteiger partial charge is 0.330 e. The standard InChI is InChI=1S/C16H16Br2FN/c17-14-3-1-2-11(8-14)6-13(10-20)7-12-4-5-16(19)15(18)9-12/h1-5,8-9,13H,6-7,10,20H2. The number of nitrogens with two attached hydrogens (primary N) is 1. The molecule has 0 aromatic heterocycles. The van der Waals surface area contributed by atoms with Gasteiger partial charge >= 0.3 is 0 Å². The molecule has 20 heavy (non-hydrogen) atoms. The van der Waals surface area contributed by atoms with Gasteiger partial charge in [0.25, 0.3) is 0 Å². The first-order valence-electron chi connectivity index (χ1n) is 6.47. The highest BCUT2D eigenvalue weighted by Crippen LogP contribution is 2.21. The Balaban J connectivity index is 2.07. The van der Waals surface area contributed by atoms with Gasteiger partial charge < -0.3 is 5.73 Å². The number of benzene rings is 2. The topological polar surface area (TPSA) is 26.0 Å². The van der Waals surface area contributed by atoms with E-state index in [2.05, 4.69) is 44.0 Å². The summed E-state index contributed by atoms with van der Waals surface area (Å²) in [5.41, 5.74) is 8.24. The minimum atomic E-state index is -0.231. The number of hydrogen-bond acceptors (Lipinski definition) is 1. The average Bonchev–Trinajstić information content (AvgIpc) is 2.42. The molecule has 2 rings (SSSR count). The third kappa shape index (κ3) is 4.40. The molecule has 1 unspecified atom stereocenters. The molecule has 0 aliphatic heterocycles. The van der Waals surface area contributed by atoms with Crippen LogP contribution in [0.15, 0.2) is 51.4 Å². The van der Waals surface area contributed by atoms with Crippen molar-refractivity contribution in [1.82, 2.24) is 0 Å². The number of hydrogen-bond donors (Lipinski definition) is 1. The molecule has 1 atom stereocenters. The van der Waals surface area contributed by atoms with Gasteiger partial charge in [0.2, 0.25) is 0 Å². The maximum Gasteiger partial charge on any atom is 0.137 e. The van der Waals surface area contributed by atoms with Crippen LogP contribution in [0.5, 0.6) is 0 Å². The minimum Gasteiger partial charge on any atom is -0.330 e. The van der Waals surface area contributed by atoms with Crippen molar-refractivity contribution < 1.29 is 4.39 Å². The highest BCUT2D eigenvalue weighted by molar-refractivity contribution is 9.10. The van der Waals surface area contributed by atoms with Gasteiger partial charge in [0.1, 0.15) is 5.82 Å². The average molecular weight is 401 g/mol. The molecule has 2 N–H and O–H groups in total. The predicted octanol–water partition coefficient (Wildman–Crippen LogP) is 4.71. The highest BCUT2D eigenvalue weighted by atomic mass is 79.9. The van der Waals surface area contributed by atoms with Gasteiger partial charge in [-0.05, 0) is 76.6 Å². The summed E-state index contributed by atoms with van der Waals surface area (Å²) in [6.45, 7) is 0.613. The lowest BCUT2D eigenvalue weighted by atomic mass is 9.93. The molecule has 0 aliphatic rings. The fourth-order valence-corrected chi connectivity index (χ4v) is 3.11. The molecule has 0 aliphatic carbocycles. The molecule has 0 radical (unpaired) electrons. The van der Waals surface area contributed by atoms with E-state index < -0.39 is 0 Å². The van der Waals surface area contributed by atoms with Gasteiger partial charge in [0.05, 0.1) is 4.47 Å². The van der Waals surface area contributed by atoms with Crippen molar-refractivity contribution >= 4 is 31.9 Å². The number of rotatable bonds is 5. The van der Waals surface area contributed by atoms with E-state index in [0.29, 0.717) is 16.9 Å². The second kappa shape index (κ2) is 7.34. The molecule has 0 saturated carbocycles. The van der Waals surface area contributed by atoms with Crippen molar-refractivity contribution in [3.8, 4) is 0 Å². The lowest BCUT2D eigenvalue weighted by molar-refractivity contribution is 0.532. The summed E-state index contributed by atoms with van der Waals surface area (Å²) in [5, 5.41) is 0. The van der Waals surface area contributed by atoms with E-state index in [1.807, 2.05) is 24.3 Å². The molecule has 4 heteroatoms. The van der Waals surface area contributed by atoms with Crippen LogP contribution in [0.2, 0.25) is 0 Å². The first-order valence-corrected chi connectivity index (χ1v) is 8.05. The SMILES string of the molecule is NCC(Cc1cccc(Br)c1)Cc1ccc(F)c(Br)c1. The lowest BCUT2D eigenvalue weighted by Crippen LogP contribution is -2.19. The molecule has 2 aromatic rings. The van der Waals surface area contributed by atoms with Gasteiger partial charge in [0.15, 0.2) is 0 Å². The summed E-state index contributed by atoms with van der Waals surface area (Å²) in [6.07, 6.45) is 1.77. The molecular weight excluding hydrogens is 385 g/mol. The summed E-state index contributed by atoms with van der Waals surface area (Å²) < 4.78 is 14.8. The summed E-state index contributed by atoms with van der Waals surface area (Å²) in [4.78, 5) is 0. The van der Waals surface area contributed by atoms with Crippen molar-refractivity contribution in [2.24, 2.45) is 11.7 Å². The summed E-state index contributed by atoms with van der Waals surface area (Å²) in [7, 11) is 0. The van der Waals surface area contributed by atoms with Crippen molar-refractivity contribution in [3.63, 3.8) is 0 Å². The normalized spacial score (nSPS) is 12.4. The zero-order valence-corrected chi connectivity index (χ0v) is 14.1. The maximum atomic E-state index is 13.2. The summed E-state index contributed by atoms with van der Waals surface area (Å²) in [5.74, 6) is 0.117. The van der Waals surface area contributed by atoms with E-state index in [1.54, 1.807) is 0 Å². The van der Waals surface area contributed by atoms with Gasteiger partial charge in [-0.3, -0.25) is 0 Å². The van der Waals surface area contributed by atoms with Gasteiger partial charge in [-0.15, -0.1) is 0 Å². The predicted molar refractivity (Wildman–Crippen MR) is 88.2 cm³/mol.